The quantitative estimate of drug-likeness (QED) is 0.584. The fraction of sp³-hybridized carbons (Fsp3) is 1.00. The van der Waals surface area contributed by atoms with Gasteiger partial charge in [0.25, 0.3) is 0 Å². The van der Waals surface area contributed by atoms with Crippen molar-refractivity contribution in [2.45, 2.75) is 52.9 Å². The highest BCUT2D eigenvalue weighted by Gasteiger charge is 2.53. The molecule has 0 N–H and O–H groups in total. The van der Waals surface area contributed by atoms with Gasteiger partial charge in [0.05, 0.1) is 0 Å². The van der Waals surface area contributed by atoms with Gasteiger partial charge in [-0.1, -0.05) is 33.6 Å². The Morgan fingerprint density at radius 2 is 2.00 bits per heavy atom. The van der Waals surface area contributed by atoms with Crippen molar-refractivity contribution in [1.82, 2.24) is 0 Å². The van der Waals surface area contributed by atoms with Gasteiger partial charge >= 0.3 is 0 Å². The summed E-state index contributed by atoms with van der Waals surface area (Å²) >= 11 is 0. The van der Waals surface area contributed by atoms with Crippen LogP contribution in [0.25, 0.3) is 0 Å². The van der Waals surface area contributed by atoms with Crippen LogP contribution in [0.2, 0.25) is 0 Å². The molecule has 0 saturated heterocycles. The predicted molar refractivity (Wildman–Crippen MR) is 53.0 cm³/mol. The van der Waals surface area contributed by atoms with Crippen molar-refractivity contribution in [2.75, 3.05) is 0 Å². The van der Waals surface area contributed by atoms with E-state index >= 15 is 0 Å². The first-order chi connectivity index (χ1) is 5.66. The molecule has 3 atom stereocenters. The van der Waals surface area contributed by atoms with Gasteiger partial charge in [0, 0.05) is 0 Å². The van der Waals surface area contributed by atoms with Crippen LogP contribution < -0.4 is 0 Å². The molecule has 3 aliphatic carbocycles. The molecule has 0 heteroatoms. The first kappa shape index (κ1) is 8.59. The van der Waals surface area contributed by atoms with E-state index in [1.807, 2.05) is 0 Å². The zero-order valence-corrected chi connectivity index (χ0v) is 8.77. The zero-order chi connectivity index (χ0) is 8.77. The van der Waals surface area contributed by atoms with Gasteiger partial charge < -0.3 is 0 Å². The molecular formula is C12H22. The molecule has 3 aliphatic rings. The number of rotatable bonds is 2. The average Bonchev–Trinajstić information content (AvgIpc) is 2.05. The maximum absolute atomic E-state index is 2.49. The summed E-state index contributed by atoms with van der Waals surface area (Å²) in [4.78, 5) is 0. The molecule has 0 aromatic heterocycles. The van der Waals surface area contributed by atoms with E-state index in [0.717, 1.165) is 17.8 Å². The van der Waals surface area contributed by atoms with Gasteiger partial charge in [-0.25, -0.2) is 0 Å². The van der Waals surface area contributed by atoms with Gasteiger partial charge in [-0.3, -0.25) is 0 Å². The number of hydrogen-bond donors (Lipinski definition) is 0. The maximum atomic E-state index is 2.49. The second-order valence-corrected chi connectivity index (χ2v) is 5.49. The van der Waals surface area contributed by atoms with Gasteiger partial charge in [-0.15, -0.1) is 0 Å². The molecule has 3 fully saturated rings. The van der Waals surface area contributed by atoms with E-state index < -0.39 is 0 Å². The second-order valence-electron chi connectivity index (χ2n) is 5.49. The molecule has 0 spiro atoms. The summed E-state index contributed by atoms with van der Waals surface area (Å²) in [6.07, 6.45) is 7.49. The fourth-order valence-corrected chi connectivity index (χ4v) is 3.68. The third kappa shape index (κ3) is 1.03. The molecule has 0 nitrogen and oxygen atoms in total. The smallest absolute Gasteiger partial charge is 0.0295 e. The summed E-state index contributed by atoms with van der Waals surface area (Å²) in [5, 5.41) is 0. The third-order valence-corrected chi connectivity index (χ3v) is 4.66. The molecule has 3 rings (SSSR count). The summed E-state index contributed by atoms with van der Waals surface area (Å²) < 4.78 is 0. The molecule has 0 amide bonds. The fourth-order valence-electron chi connectivity index (χ4n) is 3.68. The van der Waals surface area contributed by atoms with Gasteiger partial charge in [-0.05, 0) is 42.4 Å². The normalized spacial score (nSPS) is 43.8. The first-order valence-corrected chi connectivity index (χ1v) is 5.66. The van der Waals surface area contributed by atoms with Crippen molar-refractivity contribution < 1.29 is 0 Å². The largest absolute Gasteiger partial charge is 0.0654 e. The zero-order valence-electron chi connectivity index (χ0n) is 8.77. The summed E-state index contributed by atoms with van der Waals surface area (Å²) in [6.45, 7) is 7.32. The Kier molecular flexibility index (Phi) is 1.97. The lowest BCUT2D eigenvalue weighted by Gasteiger charge is -2.60. The van der Waals surface area contributed by atoms with Gasteiger partial charge in [0.2, 0.25) is 0 Å². The molecule has 0 aliphatic heterocycles. The molecule has 2 bridgehead atoms. The molecule has 0 radical (unpaired) electrons. The van der Waals surface area contributed by atoms with Gasteiger partial charge in [-0.2, -0.15) is 0 Å². The molecular weight excluding hydrogens is 144 g/mol. The minimum atomic E-state index is 0.706. The van der Waals surface area contributed by atoms with E-state index in [9.17, 15) is 0 Å². The summed E-state index contributed by atoms with van der Waals surface area (Å²) in [5.74, 6) is 3.24. The van der Waals surface area contributed by atoms with E-state index in [-0.39, 0.29) is 0 Å². The van der Waals surface area contributed by atoms with Crippen molar-refractivity contribution >= 4 is 0 Å². The monoisotopic (exact) mass is 166 g/mol. The van der Waals surface area contributed by atoms with Crippen LogP contribution in [-0.2, 0) is 0 Å². The van der Waals surface area contributed by atoms with Crippen LogP contribution in [0, 0.1) is 23.2 Å². The Hall–Kier alpha value is 0. The van der Waals surface area contributed by atoms with Crippen LogP contribution in [0.1, 0.15) is 52.9 Å². The average molecular weight is 166 g/mol. The minimum absolute atomic E-state index is 0.706. The Labute approximate surface area is 76.7 Å². The topological polar surface area (TPSA) is 0 Å². The van der Waals surface area contributed by atoms with E-state index in [2.05, 4.69) is 20.8 Å². The number of fused-ring (bicyclic) bond motifs is 2. The lowest BCUT2D eigenvalue weighted by molar-refractivity contribution is -0.106. The summed E-state index contributed by atoms with van der Waals surface area (Å²) in [7, 11) is 0. The molecule has 0 heterocycles. The van der Waals surface area contributed by atoms with Crippen LogP contribution in [0.5, 0.6) is 0 Å². The summed E-state index contributed by atoms with van der Waals surface area (Å²) in [6, 6.07) is 0. The maximum Gasteiger partial charge on any atom is -0.0295 e. The lowest BCUT2D eigenvalue weighted by atomic mass is 9.45. The van der Waals surface area contributed by atoms with E-state index in [0.29, 0.717) is 5.41 Å². The highest BCUT2D eigenvalue weighted by Crippen LogP contribution is 2.62. The molecule has 0 aromatic carbocycles. The Morgan fingerprint density at radius 1 is 1.25 bits per heavy atom. The van der Waals surface area contributed by atoms with Crippen molar-refractivity contribution in [3.63, 3.8) is 0 Å². The van der Waals surface area contributed by atoms with Crippen molar-refractivity contribution in [3.05, 3.63) is 0 Å². The summed E-state index contributed by atoms with van der Waals surface area (Å²) in [5.41, 5.74) is 0.706. The molecule has 70 valence electrons. The van der Waals surface area contributed by atoms with Crippen LogP contribution >= 0.6 is 0 Å². The Bertz CT molecular complexity index is 165. The van der Waals surface area contributed by atoms with Crippen molar-refractivity contribution in [3.8, 4) is 0 Å². The minimum Gasteiger partial charge on any atom is -0.0654 e. The lowest BCUT2D eigenvalue weighted by Crippen LogP contribution is -2.52. The number of hydrogen-bond acceptors (Lipinski definition) is 0. The highest BCUT2D eigenvalue weighted by atomic mass is 14.6. The van der Waals surface area contributed by atoms with Gasteiger partial charge in [0.1, 0.15) is 0 Å². The third-order valence-electron chi connectivity index (χ3n) is 4.66. The van der Waals surface area contributed by atoms with Crippen LogP contribution in [-0.4, -0.2) is 0 Å². The van der Waals surface area contributed by atoms with E-state index in [1.54, 1.807) is 6.42 Å². The highest BCUT2D eigenvalue weighted by molar-refractivity contribution is 5.02. The van der Waals surface area contributed by atoms with Crippen LogP contribution in [0.4, 0.5) is 0 Å². The predicted octanol–water partition coefficient (Wildman–Crippen LogP) is 3.86. The first-order valence-electron chi connectivity index (χ1n) is 5.66. The van der Waals surface area contributed by atoms with Crippen LogP contribution in [0.15, 0.2) is 0 Å². The van der Waals surface area contributed by atoms with Crippen molar-refractivity contribution in [2.24, 2.45) is 23.2 Å². The van der Waals surface area contributed by atoms with E-state index in [1.165, 1.54) is 25.7 Å². The standard InChI is InChI=1S/C12H22/c1-4-5-9-6-7-10-8-11(9)12(10,2)3/h9-11H,4-8H2,1-3H3/t9-,10+,11+/m1/s1. The SMILES string of the molecule is CCC[C@@H]1CC[C@H]2C[C@@H]1C2(C)C. The molecule has 12 heavy (non-hydrogen) atoms. The van der Waals surface area contributed by atoms with Crippen LogP contribution in [0.3, 0.4) is 0 Å². The molecule has 0 aromatic rings. The molecule has 0 unspecified atom stereocenters. The van der Waals surface area contributed by atoms with E-state index in [4.69, 9.17) is 0 Å². The molecule has 3 saturated carbocycles. The van der Waals surface area contributed by atoms with Gasteiger partial charge in [0.15, 0.2) is 0 Å². The van der Waals surface area contributed by atoms with Crippen molar-refractivity contribution in [1.29, 1.82) is 0 Å². The Balaban J connectivity index is 2.01. The Morgan fingerprint density at radius 3 is 2.50 bits per heavy atom. The second kappa shape index (κ2) is 2.75.